The molecule has 27 heavy (non-hydrogen) atoms. The predicted octanol–water partition coefficient (Wildman–Crippen LogP) is 4.96. The Labute approximate surface area is 172 Å². The van der Waals surface area contributed by atoms with E-state index in [9.17, 15) is 4.79 Å². The van der Waals surface area contributed by atoms with Gasteiger partial charge in [-0.1, -0.05) is 26.2 Å². The van der Waals surface area contributed by atoms with Crippen LogP contribution < -0.4 is 5.32 Å². The average Bonchev–Trinajstić information content (AvgIpc) is 2.37. The van der Waals surface area contributed by atoms with Crippen LogP contribution in [-0.2, 0) is 17.1 Å². The molecular formula is C17H43NO4Si5. The first-order chi connectivity index (χ1) is 11.8. The molecule has 0 bridgehead atoms. The summed E-state index contributed by atoms with van der Waals surface area (Å²) in [4.78, 5) is 11.5. The van der Waals surface area contributed by atoms with Gasteiger partial charge < -0.3 is 17.7 Å². The van der Waals surface area contributed by atoms with E-state index in [-0.39, 0.29) is 5.91 Å². The van der Waals surface area contributed by atoms with Crippen LogP contribution in [0.2, 0.25) is 78.1 Å². The van der Waals surface area contributed by atoms with E-state index < -0.39 is 40.9 Å². The normalized spacial score (nSPS) is 14.2. The number of rotatable bonds is 12. The standard InChI is InChI=1S/C17H43NO4Si5/c1-13-17(19)18-15-14-16-27(20-23(2,3)4,21-24(5,6)7)22-26(11,12)25(8,9)10/h13H,1,14-16H2,2-12H3,(H,18,19). The molecule has 0 rings (SSSR count). The van der Waals surface area contributed by atoms with Crippen molar-refractivity contribution < 1.29 is 17.1 Å². The highest BCUT2D eigenvalue weighted by Gasteiger charge is 2.53. The smallest absolute Gasteiger partial charge is 0.419 e. The molecule has 0 saturated carbocycles. The summed E-state index contributed by atoms with van der Waals surface area (Å²) in [6.07, 6.45) is 2.09. The molecule has 0 aliphatic rings. The molecule has 160 valence electrons. The maximum absolute atomic E-state index is 11.5. The topological polar surface area (TPSA) is 56.8 Å². The third-order valence-electron chi connectivity index (χ3n) is 4.28. The van der Waals surface area contributed by atoms with Crippen molar-refractivity contribution in [3.05, 3.63) is 12.7 Å². The van der Waals surface area contributed by atoms with E-state index >= 15 is 0 Å². The number of hydrogen-bond acceptors (Lipinski definition) is 4. The van der Waals surface area contributed by atoms with E-state index in [0.717, 1.165) is 12.5 Å². The Kier molecular flexibility index (Phi) is 9.85. The second-order valence-electron chi connectivity index (χ2n) is 10.6. The molecule has 1 amide bonds. The summed E-state index contributed by atoms with van der Waals surface area (Å²) >= 11 is 0. The molecule has 0 spiro atoms. The predicted molar refractivity (Wildman–Crippen MR) is 129 cm³/mol. The first kappa shape index (κ1) is 27.2. The van der Waals surface area contributed by atoms with Crippen LogP contribution in [0.3, 0.4) is 0 Å². The molecule has 0 aliphatic carbocycles. The van der Waals surface area contributed by atoms with Gasteiger partial charge >= 0.3 is 8.80 Å². The molecule has 0 aromatic heterocycles. The number of carbonyl (C=O) groups excluding carboxylic acids is 1. The molecule has 10 heteroatoms. The van der Waals surface area contributed by atoms with Gasteiger partial charge in [-0.15, -0.1) is 0 Å². The van der Waals surface area contributed by atoms with Crippen LogP contribution in [0.5, 0.6) is 0 Å². The molecule has 0 aromatic carbocycles. The summed E-state index contributed by atoms with van der Waals surface area (Å²) in [6.45, 7) is 29.1. The Morgan fingerprint density at radius 2 is 1.30 bits per heavy atom. The fourth-order valence-electron chi connectivity index (χ4n) is 2.28. The zero-order chi connectivity index (χ0) is 21.7. The number of carbonyl (C=O) groups is 1. The summed E-state index contributed by atoms with van der Waals surface area (Å²) in [5, 5.41) is 2.86. The first-order valence-corrected chi connectivity index (χ1v) is 26.0. The highest BCUT2D eigenvalue weighted by Crippen LogP contribution is 2.32. The van der Waals surface area contributed by atoms with E-state index in [1.165, 1.54) is 6.08 Å². The zero-order valence-corrected chi connectivity index (χ0v) is 24.5. The number of amides is 1. The summed E-state index contributed by atoms with van der Waals surface area (Å²) < 4.78 is 20.5. The highest BCUT2D eigenvalue weighted by atomic mass is 29.3. The quantitative estimate of drug-likeness (QED) is 0.251. The fraction of sp³-hybridized carbons (Fsp3) is 0.824. The van der Waals surface area contributed by atoms with Crippen LogP contribution in [0.1, 0.15) is 6.42 Å². The van der Waals surface area contributed by atoms with Crippen molar-refractivity contribution in [1.82, 2.24) is 5.32 Å². The van der Waals surface area contributed by atoms with E-state index in [2.05, 4.69) is 83.9 Å². The Hall–Kier alpha value is 0.174. The van der Waals surface area contributed by atoms with Gasteiger partial charge in [0.15, 0.2) is 24.5 Å². The van der Waals surface area contributed by atoms with Crippen LogP contribution in [0, 0.1) is 0 Å². The first-order valence-electron chi connectivity index (χ1n) is 9.83. The van der Waals surface area contributed by atoms with E-state index in [0.29, 0.717) is 6.54 Å². The van der Waals surface area contributed by atoms with Crippen molar-refractivity contribution in [2.24, 2.45) is 0 Å². The molecular weight excluding hydrogens is 423 g/mol. The maximum atomic E-state index is 11.5. The minimum Gasteiger partial charge on any atom is -0.419 e. The molecule has 0 heterocycles. The van der Waals surface area contributed by atoms with Crippen LogP contribution in [0.25, 0.3) is 0 Å². The van der Waals surface area contributed by atoms with E-state index in [1.54, 1.807) is 0 Å². The van der Waals surface area contributed by atoms with Gasteiger partial charge in [-0.3, -0.25) is 4.79 Å². The third-order valence-corrected chi connectivity index (χ3v) is 31.3. The molecule has 0 fully saturated rings. The SMILES string of the molecule is C=CC(=O)NCCC[Si](O[Si](C)(C)C)(O[Si](C)(C)C)O[Si](C)(C)[Si](C)(C)C. The molecule has 0 radical (unpaired) electrons. The van der Waals surface area contributed by atoms with Crippen molar-refractivity contribution >= 4 is 46.8 Å². The minimum atomic E-state index is -2.85. The van der Waals surface area contributed by atoms with Crippen LogP contribution >= 0.6 is 0 Å². The molecule has 0 saturated heterocycles. The molecule has 1 N–H and O–H groups in total. The summed E-state index contributed by atoms with van der Waals surface area (Å²) in [5.41, 5.74) is 0. The summed E-state index contributed by atoms with van der Waals surface area (Å²) in [6, 6.07) is 0.750. The summed E-state index contributed by atoms with van der Waals surface area (Å²) in [7, 11) is -10.0. The van der Waals surface area contributed by atoms with Gasteiger partial charge in [-0.25, -0.2) is 0 Å². The van der Waals surface area contributed by atoms with Crippen molar-refractivity contribution in [2.45, 2.75) is 84.5 Å². The Morgan fingerprint density at radius 1 is 0.852 bits per heavy atom. The van der Waals surface area contributed by atoms with Crippen molar-refractivity contribution in [3.8, 4) is 0 Å². The molecule has 0 unspecified atom stereocenters. The lowest BCUT2D eigenvalue weighted by atomic mass is 10.4. The number of nitrogens with one attached hydrogen (secondary N) is 1. The minimum absolute atomic E-state index is 0.141. The summed E-state index contributed by atoms with van der Waals surface area (Å²) in [5.74, 6) is -0.141. The molecule has 0 aliphatic heterocycles. The van der Waals surface area contributed by atoms with Crippen LogP contribution in [-0.4, -0.2) is 53.3 Å². The second-order valence-corrected chi connectivity index (χ2v) is 39.0. The Bertz CT molecular complexity index is 491. The molecule has 0 aromatic rings. The zero-order valence-electron chi connectivity index (χ0n) is 19.5. The van der Waals surface area contributed by atoms with Crippen LogP contribution in [0.4, 0.5) is 0 Å². The molecule has 5 nitrogen and oxygen atoms in total. The third kappa shape index (κ3) is 11.1. The fourth-order valence-corrected chi connectivity index (χ4v) is 21.7. The number of hydrogen-bond donors (Lipinski definition) is 1. The Balaban J connectivity index is 5.73. The lowest BCUT2D eigenvalue weighted by molar-refractivity contribution is -0.116. The van der Waals surface area contributed by atoms with Gasteiger partial charge in [-0.2, -0.15) is 0 Å². The van der Waals surface area contributed by atoms with Gasteiger partial charge in [-0.05, 0) is 64.9 Å². The van der Waals surface area contributed by atoms with Gasteiger partial charge in [0.1, 0.15) is 0 Å². The van der Waals surface area contributed by atoms with Gasteiger partial charge in [0.05, 0.1) is 7.59 Å². The van der Waals surface area contributed by atoms with Crippen molar-refractivity contribution in [2.75, 3.05) is 6.54 Å². The Morgan fingerprint density at radius 3 is 1.63 bits per heavy atom. The van der Waals surface area contributed by atoms with Gasteiger partial charge in [0.2, 0.25) is 5.91 Å². The van der Waals surface area contributed by atoms with Gasteiger partial charge in [0, 0.05) is 12.6 Å². The second kappa shape index (κ2) is 9.78. The van der Waals surface area contributed by atoms with Crippen LogP contribution in [0.15, 0.2) is 12.7 Å². The monoisotopic (exact) mass is 465 g/mol. The lowest BCUT2D eigenvalue weighted by Crippen LogP contribution is -2.66. The lowest BCUT2D eigenvalue weighted by Gasteiger charge is -2.47. The largest absolute Gasteiger partial charge is 0.469 e. The van der Waals surface area contributed by atoms with Crippen molar-refractivity contribution in [3.63, 3.8) is 0 Å². The van der Waals surface area contributed by atoms with Crippen molar-refractivity contribution in [1.29, 1.82) is 0 Å². The van der Waals surface area contributed by atoms with Gasteiger partial charge in [0.25, 0.3) is 0 Å². The van der Waals surface area contributed by atoms with E-state index in [4.69, 9.17) is 12.3 Å². The van der Waals surface area contributed by atoms with E-state index in [1.807, 2.05) is 0 Å². The highest BCUT2D eigenvalue weighted by molar-refractivity contribution is 7.38. The maximum Gasteiger partial charge on any atom is 0.469 e. The average molecular weight is 466 g/mol. The molecule has 0 atom stereocenters.